The second-order valence-electron chi connectivity index (χ2n) is 2.90. The number of unbranched alkanes of at least 4 members (excludes halogenated alkanes) is 1. The molecule has 2 heteroatoms. The first-order valence-corrected chi connectivity index (χ1v) is 8.08. The van der Waals surface area contributed by atoms with Crippen molar-refractivity contribution >= 4 is 21.1 Å². The molecule has 0 amide bonds. The predicted molar refractivity (Wildman–Crippen MR) is 52.0 cm³/mol. The summed E-state index contributed by atoms with van der Waals surface area (Å²) in [4.78, 5) is 0. The van der Waals surface area contributed by atoms with Crippen LogP contribution >= 0.6 is 0 Å². The third-order valence-electron chi connectivity index (χ3n) is 1.88. The zero-order valence-corrected chi connectivity index (χ0v) is 10.5. The van der Waals surface area contributed by atoms with Crippen molar-refractivity contribution in [3.63, 3.8) is 0 Å². The average Bonchev–Trinajstić information content (AvgIpc) is 2.14. The second-order valence-corrected chi connectivity index (χ2v) is 5.50. The van der Waals surface area contributed by atoms with Crippen LogP contribution in [0.25, 0.3) is 0 Å². The quantitative estimate of drug-likeness (QED) is 0.591. The van der Waals surface area contributed by atoms with Crippen LogP contribution in [0.4, 0.5) is 0 Å². The molecule has 0 aliphatic carbocycles. The fraction of sp³-hybridized carbons (Fsp3) is 0.400. The van der Waals surface area contributed by atoms with Crippen molar-refractivity contribution in [3.8, 4) is 0 Å². The van der Waals surface area contributed by atoms with Crippen molar-refractivity contribution in [3.05, 3.63) is 35.9 Å². The zero-order valence-electron chi connectivity index (χ0n) is 7.20. The van der Waals surface area contributed by atoms with Gasteiger partial charge in [0.15, 0.2) is 0 Å². The monoisotopic (exact) mass is 270 g/mol. The Balaban J connectivity index is 2.20. The molecule has 0 fully saturated rings. The van der Waals surface area contributed by atoms with Crippen LogP contribution < -0.4 is 0 Å². The van der Waals surface area contributed by atoms with Crippen LogP contribution in [0.3, 0.4) is 0 Å². The Labute approximate surface area is 83.8 Å². The number of rotatable bonds is 5. The van der Waals surface area contributed by atoms with Gasteiger partial charge in [-0.25, -0.2) is 0 Å². The molecule has 1 nitrogen and oxygen atoms in total. The summed E-state index contributed by atoms with van der Waals surface area (Å²) >= 11 is -1.31. The molecule has 0 bridgehead atoms. The van der Waals surface area contributed by atoms with Gasteiger partial charge in [-0.05, 0) is 0 Å². The molecule has 0 aromatic heterocycles. The van der Waals surface area contributed by atoms with Crippen LogP contribution in [-0.4, -0.2) is 21.1 Å². The van der Waals surface area contributed by atoms with E-state index < -0.39 is 21.1 Å². The first-order valence-electron chi connectivity index (χ1n) is 4.41. The first kappa shape index (κ1) is 9.90. The van der Waals surface area contributed by atoms with E-state index in [1.54, 1.807) is 0 Å². The van der Waals surface area contributed by atoms with Gasteiger partial charge in [-0.3, -0.25) is 0 Å². The van der Waals surface area contributed by atoms with Crippen molar-refractivity contribution in [1.82, 2.24) is 0 Å². The molecule has 1 aromatic carbocycles. The fourth-order valence-electron chi connectivity index (χ4n) is 1.20. The van der Waals surface area contributed by atoms with E-state index in [1.165, 1.54) is 12.0 Å². The molecule has 0 aliphatic rings. The number of hydrogen-bond acceptors (Lipinski definition) is 1. The molecular weight excluding hydrogens is 255 g/mol. The van der Waals surface area contributed by atoms with Gasteiger partial charge in [0.25, 0.3) is 0 Å². The maximum absolute atomic E-state index is 10.3. The van der Waals surface area contributed by atoms with Crippen LogP contribution in [0, 0.1) is 0 Å². The Bertz CT molecular complexity index is 221. The molecule has 0 saturated carbocycles. The Morgan fingerprint density at radius 3 is 2.50 bits per heavy atom. The summed E-state index contributed by atoms with van der Waals surface area (Å²) in [6.45, 7) is 0. The van der Waals surface area contributed by atoms with Gasteiger partial charge in [0.2, 0.25) is 0 Å². The van der Waals surface area contributed by atoms with Crippen LogP contribution in [-0.2, 0) is 9.50 Å². The van der Waals surface area contributed by atoms with Gasteiger partial charge in [0, 0.05) is 0 Å². The van der Waals surface area contributed by atoms with Gasteiger partial charge < -0.3 is 0 Å². The molecule has 0 radical (unpaired) electrons. The first-order chi connectivity index (χ1) is 5.93. The number of hydrogen-bond donors (Lipinski definition) is 0. The van der Waals surface area contributed by atoms with Crippen LogP contribution in [0.15, 0.2) is 30.3 Å². The van der Waals surface area contributed by atoms with Crippen LogP contribution in [0.2, 0.25) is 4.44 Å². The number of aryl methyl sites for hydroxylation is 1. The number of benzene rings is 1. The summed E-state index contributed by atoms with van der Waals surface area (Å²) < 4.78 is 11.3. The van der Waals surface area contributed by atoms with E-state index in [0.717, 1.165) is 17.3 Å². The Morgan fingerprint density at radius 1 is 1.08 bits per heavy atom. The third-order valence-corrected chi connectivity index (χ3v) is 3.72. The van der Waals surface area contributed by atoms with E-state index in [1.807, 2.05) is 6.07 Å². The van der Waals surface area contributed by atoms with Gasteiger partial charge in [-0.2, -0.15) is 0 Å². The molecule has 12 heavy (non-hydrogen) atoms. The molecule has 0 aliphatic heterocycles. The summed E-state index contributed by atoms with van der Waals surface area (Å²) in [7, 11) is 0. The summed E-state index contributed by atoms with van der Waals surface area (Å²) in [5.74, 6) is 0. The maximum atomic E-state index is 10.3. The standard InChI is InChI=1S/C10H13.O.Sn.H/c1-2-3-7-10-8-5-4-6-9-10;;;/h4-6,8-9H,1-3,7H2;;;. The van der Waals surface area contributed by atoms with E-state index in [-0.39, 0.29) is 0 Å². The van der Waals surface area contributed by atoms with Gasteiger partial charge in [0.1, 0.15) is 0 Å². The minimum atomic E-state index is -1.31. The van der Waals surface area contributed by atoms with Gasteiger partial charge in [-0.15, -0.1) is 0 Å². The molecule has 0 saturated heterocycles. The Hall–Kier alpha value is -0.181. The van der Waals surface area contributed by atoms with Crippen molar-refractivity contribution < 1.29 is 3.08 Å². The van der Waals surface area contributed by atoms with E-state index in [4.69, 9.17) is 0 Å². The van der Waals surface area contributed by atoms with Gasteiger partial charge in [0.05, 0.1) is 0 Å². The minimum absolute atomic E-state index is 1.02. The van der Waals surface area contributed by atoms with Crippen LogP contribution in [0.5, 0.6) is 0 Å². The van der Waals surface area contributed by atoms with E-state index >= 15 is 0 Å². The summed E-state index contributed by atoms with van der Waals surface area (Å²) in [6.07, 6.45) is 3.49. The summed E-state index contributed by atoms with van der Waals surface area (Å²) in [5, 5.41) is 0. The van der Waals surface area contributed by atoms with Crippen LogP contribution in [0.1, 0.15) is 18.4 Å². The molecule has 1 rings (SSSR count). The molecule has 0 unspecified atom stereocenters. The van der Waals surface area contributed by atoms with Crippen molar-refractivity contribution in [2.75, 3.05) is 0 Å². The molecule has 64 valence electrons. The SMILES string of the molecule is [O]=[SnH][CH2]CCCc1ccccc1. The zero-order chi connectivity index (χ0) is 8.65. The average molecular weight is 269 g/mol. The van der Waals surface area contributed by atoms with Gasteiger partial charge in [-0.1, -0.05) is 0 Å². The van der Waals surface area contributed by atoms with Gasteiger partial charge >= 0.3 is 83.8 Å². The fourth-order valence-corrected chi connectivity index (χ4v) is 2.50. The van der Waals surface area contributed by atoms with Crippen molar-refractivity contribution in [2.24, 2.45) is 0 Å². The summed E-state index contributed by atoms with van der Waals surface area (Å²) in [6, 6.07) is 10.5. The predicted octanol–water partition coefficient (Wildman–Crippen LogP) is 2.21. The Kier molecular flexibility index (Phi) is 5.24. The van der Waals surface area contributed by atoms with E-state index in [2.05, 4.69) is 24.3 Å². The Morgan fingerprint density at radius 2 is 1.83 bits per heavy atom. The second kappa shape index (κ2) is 6.35. The molecule has 0 spiro atoms. The molecule has 0 atom stereocenters. The normalized spacial score (nSPS) is 9.67. The van der Waals surface area contributed by atoms with E-state index in [0.29, 0.717) is 0 Å². The third kappa shape index (κ3) is 4.00. The molecule has 0 N–H and O–H groups in total. The van der Waals surface area contributed by atoms with E-state index in [9.17, 15) is 3.08 Å². The molecule has 0 heterocycles. The summed E-state index contributed by atoms with van der Waals surface area (Å²) in [5.41, 5.74) is 1.40. The van der Waals surface area contributed by atoms with Crippen molar-refractivity contribution in [1.29, 1.82) is 0 Å². The van der Waals surface area contributed by atoms with Crippen molar-refractivity contribution in [2.45, 2.75) is 23.7 Å². The molecule has 1 aromatic rings. The molecular formula is C10H14OSn. The topological polar surface area (TPSA) is 17.1 Å².